The van der Waals surface area contributed by atoms with Crippen LogP contribution in [0, 0.1) is 5.82 Å². The SMILES string of the molecule is COc1ccc(/C=C2\C(=O)NC(=S)N(c3ccc(Oc4ccccc4)cc3)C2=O)cc1COc1ccc(F)cc1. The standard InChI is InChI=1S/C31H23FN2O5S/c1-37-28-16-7-20(17-21(28)19-38-24-12-8-22(32)9-13-24)18-27-29(35)33-31(40)34(30(27)36)23-10-14-26(15-11-23)39-25-5-3-2-4-6-25/h2-18H,19H2,1H3,(H,33,35,40)/b27-18+. The van der Waals surface area contributed by atoms with Gasteiger partial charge in [0.1, 0.15) is 41.0 Å². The highest BCUT2D eigenvalue weighted by atomic mass is 32.1. The normalized spacial score (nSPS) is 14.2. The van der Waals surface area contributed by atoms with Crippen LogP contribution in [0.5, 0.6) is 23.0 Å². The Balaban J connectivity index is 1.37. The molecule has 40 heavy (non-hydrogen) atoms. The summed E-state index contributed by atoms with van der Waals surface area (Å²) in [7, 11) is 1.53. The second-order valence-electron chi connectivity index (χ2n) is 8.68. The van der Waals surface area contributed by atoms with Crippen molar-refractivity contribution in [1.82, 2.24) is 5.32 Å². The van der Waals surface area contributed by atoms with Gasteiger partial charge in [0.05, 0.1) is 12.8 Å². The molecule has 0 spiro atoms. The molecule has 7 nitrogen and oxygen atoms in total. The van der Waals surface area contributed by atoms with Gasteiger partial charge >= 0.3 is 0 Å². The van der Waals surface area contributed by atoms with Crippen molar-refractivity contribution < 1.29 is 28.2 Å². The number of thiocarbonyl (C=S) groups is 1. The first kappa shape index (κ1) is 26.6. The number of anilines is 1. The molecule has 5 rings (SSSR count). The molecule has 1 aliphatic rings. The van der Waals surface area contributed by atoms with Crippen LogP contribution >= 0.6 is 12.2 Å². The van der Waals surface area contributed by atoms with E-state index in [0.29, 0.717) is 39.8 Å². The van der Waals surface area contributed by atoms with Gasteiger partial charge in [-0.25, -0.2) is 4.39 Å². The first-order valence-electron chi connectivity index (χ1n) is 12.2. The molecule has 0 atom stereocenters. The second kappa shape index (κ2) is 11.8. The van der Waals surface area contributed by atoms with E-state index >= 15 is 0 Å². The molecule has 1 aliphatic heterocycles. The molecule has 0 aliphatic carbocycles. The molecule has 1 N–H and O–H groups in total. The van der Waals surface area contributed by atoms with Crippen LogP contribution in [-0.2, 0) is 16.2 Å². The number of hydrogen-bond acceptors (Lipinski definition) is 6. The number of para-hydroxylation sites is 1. The Morgan fingerprint density at radius 2 is 1.55 bits per heavy atom. The van der Waals surface area contributed by atoms with Gasteiger partial charge in [0.25, 0.3) is 11.8 Å². The third-order valence-electron chi connectivity index (χ3n) is 6.00. The Morgan fingerprint density at radius 1 is 0.875 bits per heavy atom. The molecule has 0 radical (unpaired) electrons. The van der Waals surface area contributed by atoms with Gasteiger partial charge in [0.15, 0.2) is 5.11 Å². The van der Waals surface area contributed by atoms with Gasteiger partial charge in [0.2, 0.25) is 0 Å². The summed E-state index contributed by atoms with van der Waals surface area (Å²) in [6.07, 6.45) is 1.49. The molecule has 0 aromatic heterocycles. The van der Waals surface area contributed by atoms with Crippen LogP contribution in [0.25, 0.3) is 6.08 Å². The predicted octanol–water partition coefficient (Wildman–Crippen LogP) is 6.04. The monoisotopic (exact) mass is 554 g/mol. The number of nitrogens with zero attached hydrogens (tertiary/aromatic N) is 1. The quantitative estimate of drug-likeness (QED) is 0.163. The molecular formula is C31H23FN2O5S. The first-order valence-corrected chi connectivity index (χ1v) is 12.6. The van der Waals surface area contributed by atoms with Crippen LogP contribution in [0.4, 0.5) is 10.1 Å². The van der Waals surface area contributed by atoms with Gasteiger partial charge in [-0.2, -0.15) is 0 Å². The van der Waals surface area contributed by atoms with Gasteiger partial charge < -0.3 is 14.2 Å². The maximum absolute atomic E-state index is 13.5. The Bertz CT molecular complexity index is 1590. The zero-order valence-electron chi connectivity index (χ0n) is 21.3. The predicted molar refractivity (Wildman–Crippen MR) is 153 cm³/mol. The Hall–Kier alpha value is -5.02. The Kier molecular flexibility index (Phi) is 7.84. The molecule has 9 heteroatoms. The van der Waals surface area contributed by atoms with Crippen LogP contribution in [0.15, 0.2) is 103 Å². The van der Waals surface area contributed by atoms with Crippen molar-refractivity contribution in [1.29, 1.82) is 0 Å². The fourth-order valence-corrected chi connectivity index (χ4v) is 4.32. The van der Waals surface area contributed by atoms with E-state index in [-0.39, 0.29) is 23.1 Å². The summed E-state index contributed by atoms with van der Waals surface area (Å²) in [5.74, 6) is 0.778. The van der Waals surface area contributed by atoms with Gasteiger partial charge in [-0.15, -0.1) is 0 Å². The minimum absolute atomic E-state index is 0.0213. The highest BCUT2D eigenvalue weighted by Crippen LogP contribution is 2.28. The van der Waals surface area contributed by atoms with E-state index in [1.165, 1.54) is 42.4 Å². The zero-order valence-corrected chi connectivity index (χ0v) is 22.1. The largest absolute Gasteiger partial charge is 0.496 e. The van der Waals surface area contributed by atoms with Gasteiger partial charge in [0, 0.05) is 5.56 Å². The molecule has 4 aromatic rings. The number of amides is 2. The maximum Gasteiger partial charge on any atom is 0.270 e. The lowest BCUT2D eigenvalue weighted by atomic mass is 10.0. The molecule has 1 saturated heterocycles. The highest BCUT2D eigenvalue weighted by molar-refractivity contribution is 7.80. The number of carbonyl (C=O) groups is 2. The number of ether oxygens (including phenoxy) is 3. The van der Waals surface area contributed by atoms with Crippen molar-refractivity contribution >= 4 is 40.9 Å². The Morgan fingerprint density at radius 3 is 2.25 bits per heavy atom. The molecule has 4 aromatic carbocycles. The zero-order chi connectivity index (χ0) is 28.1. The van der Waals surface area contributed by atoms with E-state index in [2.05, 4.69) is 5.32 Å². The number of methoxy groups -OCH3 is 1. The number of benzene rings is 4. The topological polar surface area (TPSA) is 77.1 Å². The highest BCUT2D eigenvalue weighted by Gasteiger charge is 2.34. The van der Waals surface area contributed by atoms with Gasteiger partial charge in [-0.3, -0.25) is 19.8 Å². The van der Waals surface area contributed by atoms with Crippen molar-refractivity contribution in [2.45, 2.75) is 6.61 Å². The fourth-order valence-electron chi connectivity index (χ4n) is 4.04. The Labute approximate surface area is 235 Å². The van der Waals surface area contributed by atoms with Crippen molar-refractivity contribution in [2.75, 3.05) is 12.0 Å². The van der Waals surface area contributed by atoms with Crippen molar-refractivity contribution in [3.8, 4) is 23.0 Å². The molecule has 1 heterocycles. The average molecular weight is 555 g/mol. The summed E-state index contributed by atoms with van der Waals surface area (Å²) >= 11 is 5.32. The third-order valence-corrected chi connectivity index (χ3v) is 6.28. The van der Waals surface area contributed by atoms with E-state index < -0.39 is 11.8 Å². The van der Waals surface area contributed by atoms with Gasteiger partial charge in [-0.1, -0.05) is 24.3 Å². The van der Waals surface area contributed by atoms with Crippen LogP contribution < -0.4 is 24.4 Å². The number of rotatable bonds is 8. The third kappa shape index (κ3) is 6.00. The molecule has 0 unspecified atom stereocenters. The number of nitrogens with one attached hydrogen (secondary N) is 1. The summed E-state index contributed by atoms with van der Waals surface area (Å²) in [4.78, 5) is 27.5. The summed E-state index contributed by atoms with van der Waals surface area (Å²) in [5, 5.41) is 2.57. The minimum Gasteiger partial charge on any atom is -0.496 e. The summed E-state index contributed by atoms with van der Waals surface area (Å²) in [6, 6.07) is 27.0. The summed E-state index contributed by atoms with van der Waals surface area (Å²) in [6.45, 7) is 0.125. The first-order chi connectivity index (χ1) is 19.4. The number of hydrogen-bond donors (Lipinski definition) is 1. The van der Waals surface area contributed by atoms with Crippen LogP contribution in [0.3, 0.4) is 0 Å². The van der Waals surface area contributed by atoms with E-state index in [4.69, 9.17) is 26.4 Å². The fraction of sp³-hybridized carbons (Fsp3) is 0.0645. The van der Waals surface area contributed by atoms with E-state index in [0.717, 1.165) is 0 Å². The van der Waals surface area contributed by atoms with Crippen LogP contribution in [0.1, 0.15) is 11.1 Å². The van der Waals surface area contributed by atoms with Crippen molar-refractivity contribution in [3.05, 3.63) is 120 Å². The number of carbonyl (C=O) groups excluding carboxylic acids is 2. The van der Waals surface area contributed by atoms with E-state index in [1.807, 2.05) is 30.3 Å². The molecular weight excluding hydrogens is 531 g/mol. The van der Waals surface area contributed by atoms with Crippen molar-refractivity contribution in [2.24, 2.45) is 0 Å². The molecule has 2 amide bonds. The van der Waals surface area contributed by atoms with Crippen LogP contribution in [-0.4, -0.2) is 24.0 Å². The lowest BCUT2D eigenvalue weighted by Crippen LogP contribution is -2.54. The minimum atomic E-state index is -0.602. The lowest BCUT2D eigenvalue weighted by Gasteiger charge is -2.29. The molecule has 1 fully saturated rings. The average Bonchev–Trinajstić information content (AvgIpc) is 2.96. The summed E-state index contributed by atoms with van der Waals surface area (Å²) in [5.41, 5.74) is 1.64. The van der Waals surface area contributed by atoms with Crippen LogP contribution in [0.2, 0.25) is 0 Å². The lowest BCUT2D eigenvalue weighted by molar-refractivity contribution is -0.122. The van der Waals surface area contributed by atoms with Crippen molar-refractivity contribution in [3.63, 3.8) is 0 Å². The second-order valence-corrected chi connectivity index (χ2v) is 9.07. The van der Waals surface area contributed by atoms with E-state index in [9.17, 15) is 14.0 Å². The summed E-state index contributed by atoms with van der Waals surface area (Å²) < 4.78 is 30.2. The maximum atomic E-state index is 13.5. The molecule has 200 valence electrons. The molecule has 0 bridgehead atoms. The van der Waals surface area contributed by atoms with E-state index in [1.54, 1.807) is 42.5 Å². The van der Waals surface area contributed by atoms with Gasteiger partial charge in [-0.05, 0) is 96.7 Å². The number of halogens is 1. The molecule has 0 saturated carbocycles. The smallest absolute Gasteiger partial charge is 0.270 e.